The van der Waals surface area contributed by atoms with E-state index in [1.165, 1.54) is 35.0 Å². The van der Waals surface area contributed by atoms with Crippen molar-refractivity contribution in [2.75, 3.05) is 6.54 Å². The molecule has 1 unspecified atom stereocenters. The van der Waals surface area contributed by atoms with Crippen molar-refractivity contribution in [1.29, 1.82) is 0 Å². The molecule has 1 aliphatic carbocycles. The van der Waals surface area contributed by atoms with Gasteiger partial charge in [0.25, 0.3) is 0 Å². The van der Waals surface area contributed by atoms with Crippen LogP contribution in [0.5, 0.6) is 0 Å². The minimum Gasteiger partial charge on any atom is -0.309 e. The Bertz CT molecular complexity index is 413. The summed E-state index contributed by atoms with van der Waals surface area (Å²) in [6.07, 6.45) is 5.51. The summed E-state index contributed by atoms with van der Waals surface area (Å²) in [4.78, 5) is 1.49. The molecule has 0 aromatic carbocycles. The predicted octanol–water partition coefficient (Wildman–Crippen LogP) is 6.01. The summed E-state index contributed by atoms with van der Waals surface area (Å²) in [5.41, 5.74) is 0.474. The van der Waals surface area contributed by atoms with Gasteiger partial charge in [-0.2, -0.15) is 0 Å². The van der Waals surface area contributed by atoms with Crippen LogP contribution in [-0.2, 0) is 0 Å². The van der Waals surface area contributed by atoms with Gasteiger partial charge in [-0.3, -0.25) is 0 Å². The van der Waals surface area contributed by atoms with Crippen molar-refractivity contribution in [2.24, 2.45) is 17.3 Å². The summed E-state index contributed by atoms with van der Waals surface area (Å²) in [5, 5.41) is 5.93. The third-order valence-corrected chi connectivity index (χ3v) is 6.77. The lowest BCUT2D eigenvalue weighted by Crippen LogP contribution is -2.33. The zero-order chi connectivity index (χ0) is 14.8. The number of hydrogen-bond donors (Lipinski definition) is 1. The molecule has 1 heterocycles. The van der Waals surface area contributed by atoms with Gasteiger partial charge in [0.15, 0.2) is 0 Å². The molecule has 20 heavy (non-hydrogen) atoms. The fourth-order valence-electron chi connectivity index (χ4n) is 3.54. The number of hydrogen-bond acceptors (Lipinski definition) is 2. The van der Waals surface area contributed by atoms with Gasteiger partial charge in [0.2, 0.25) is 0 Å². The molecule has 114 valence electrons. The Hall–Kier alpha value is 0.140. The van der Waals surface area contributed by atoms with E-state index in [9.17, 15) is 0 Å². The fourth-order valence-corrected chi connectivity index (χ4v) is 5.33. The molecule has 1 N–H and O–H groups in total. The molecule has 1 aromatic heterocycles. The Morgan fingerprint density at radius 1 is 1.30 bits per heavy atom. The van der Waals surface area contributed by atoms with E-state index < -0.39 is 0 Å². The van der Waals surface area contributed by atoms with E-state index in [1.807, 2.05) is 11.3 Å². The average Bonchev–Trinajstić information content (AvgIpc) is 2.81. The molecular formula is C17H28BrNS. The van der Waals surface area contributed by atoms with Crippen LogP contribution in [0.3, 0.4) is 0 Å². The van der Waals surface area contributed by atoms with Gasteiger partial charge in [-0.15, -0.1) is 11.3 Å². The molecule has 0 aliphatic heterocycles. The zero-order valence-corrected chi connectivity index (χ0v) is 15.6. The molecular weight excluding hydrogens is 330 g/mol. The Labute approximate surface area is 136 Å². The number of thiophene rings is 1. The summed E-state index contributed by atoms with van der Waals surface area (Å²) in [5.74, 6) is 1.69. The molecule has 0 radical (unpaired) electrons. The van der Waals surface area contributed by atoms with E-state index in [0.29, 0.717) is 11.5 Å². The van der Waals surface area contributed by atoms with E-state index in [0.717, 1.165) is 18.4 Å². The normalized spacial score (nSPS) is 25.6. The molecule has 1 saturated carbocycles. The summed E-state index contributed by atoms with van der Waals surface area (Å²) >= 11 is 5.61. The number of nitrogens with one attached hydrogen (secondary N) is 1. The maximum Gasteiger partial charge on any atom is 0.0454 e. The lowest BCUT2D eigenvalue weighted by atomic mass is 9.68. The summed E-state index contributed by atoms with van der Waals surface area (Å²) in [6.45, 7) is 10.5. The highest BCUT2D eigenvalue weighted by atomic mass is 79.9. The minimum atomic E-state index is 0.474. The third kappa shape index (κ3) is 3.86. The topological polar surface area (TPSA) is 12.0 Å². The molecule has 0 bridgehead atoms. The van der Waals surface area contributed by atoms with Crippen LogP contribution in [-0.4, -0.2) is 6.54 Å². The third-order valence-electron chi connectivity index (χ3n) is 4.82. The van der Waals surface area contributed by atoms with Crippen LogP contribution < -0.4 is 5.32 Å². The molecule has 3 heteroatoms. The first-order valence-electron chi connectivity index (χ1n) is 7.89. The first-order valence-corrected chi connectivity index (χ1v) is 9.57. The highest BCUT2D eigenvalue weighted by molar-refractivity contribution is 9.10. The van der Waals surface area contributed by atoms with E-state index in [2.05, 4.69) is 60.4 Å². The lowest BCUT2D eigenvalue weighted by molar-refractivity contribution is 0.133. The molecule has 0 saturated heterocycles. The van der Waals surface area contributed by atoms with Gasteiger partial charge < -0.3 is 5.32 Å². The van der Waals surface area contributed by atoms with Gasteiger partial charge in [-0.05, 0) is 76.9 Å². The van der Waals surface area contributed by atoms with Crippen molar-refractivity contribution in [3.8, 4) is 0 Å². The first-order chi connectivity index (χ1) is 9.43. The van der Waals surface area contributed by atoms with Crippen LogP contribution in [0, 0.1) is 17.3 Å². The Morgan fingerprint density at radius 3 is 2.40 bits per heavy atom. The van der Waals surface area contributed by atoms with Crippen LogP contribution in [0.1, 0.15) is 64.3 Å². The van der Waals surface area contributed by atoms with Crippen molar-refractivity contribution in [3.63, 3.8) is 0 Å². The number of rotatable bonds is 4. The molecule has 1 aliphatic rings. The highest BCUT2D eigenvalue weighted by Gasteiger charge is 2.33. The molecule has 1 aromatic rings. The standard InChI is InChI=1S/C17H28BrNS/c1-5-19-15(16-14(18)10-11-20-16)12-6-8-13(9-7-12)17(2,3)4/h10-13,15,19H,5-9H2,1-4H3. The molecule has 1 nitrogen and oxygen atoms in total. The van der Waals surface area contributed by atoms with Crippen LogP contribution in [0.2, 0.25) is 0 Å². The van der Waals surface area contributed by atoms with E-state index in [1.54, 1.807) is 0 Å². The smallest absolute Gasteiger partial charge is 0.0454 e. The number of halogens is 1. The minimum absolute atomic E-state index is 0.474. The summed E-state index contributed by atoms with van der Waals surface area (Å²) in [6, 6.07) is 2.72. The Balaban J connectivity index is 2.04. The van der Waals surface area contributed by atoms with E-state index >= 15 is 0 Å². The SMILES string of the molecule is CCNC(c1sccc1Br)C1CCC(C(C)(C)C)CC1. The van der Waals surface area contributed by atoms with Gasteiger partial charge in [0, 0.05) is 15.4 Å². The van der Waals surface area contributed by atoms with Crippen molar-refractivity contribution in [1.82, 2.24) is 5.32 Å². The monoisotopic (exact) mass is 357 g/mol. The maximum absolute atomic E-state index is 3.73. The van der Waals surface area contributed by atoms with Gasteiger partial charge >= 0.3 is 0 Å². The van der Waals surface area contributed by atoms with Crippen LogP contribution in [0.15, 0.2) is 15.9 Å². The van der Waals surface area contributed by atoms with Crippen LogP contribution >= 0.6 is 27.3 Å². The molecule has 1 atom stereocenters. The van der Waals surface area contributed by atoms with Gasteiger partial charge in [0.05, 0.1) is 0 Å². The molecule has 2 rings (SSSR count). The second-order valence-electron chi connectivity index (χ2n) is 7.15. The predicted molar refractivity (Wildman–Crippen MR) is 93.3 cm³/mol. The Morgan fingerprint density at radius 2 is 1.95 bits per heavy atom. The van der Waals surface area contributed by atoms with Crippen molar-refractivity contribution < 1.29 is 0 Å². The van der Waals surface area contributed by atoms with Gasteiger partial charge in [0.1, 0.15) is 0 Å². The Kier molecular flexibility index (Phi) is 5.72. The second kappa shape index (κ2) is 6.93. The largest absolute Gasteiger partial charge is 0.309 e. The summed E-state index contributed by atoms with van der Waals surface area (Å²) in [7, 11) is 0. The van der Waals surface area contributed by atoms with Crippen LogP contribution in [0.25, 0.3) is 0 Å². The van der Waals surface area contributed by atoms with Crippen LogP contribution in [0.4, 0.5) is 0 Å². The summed E-state index contributed by atoms with van der Waals surface area (Å²) < 4.78 is 1.28. The average molecular weight is 358 g/mol. The van der Waals surface area contributed by atoms with Gasteiger partial charge in [-0.25, -0.2) is 0 Å². The van der Waals surface area contributed by atoms with Crippen molar-refractivity contribution in [3.05, 3.63) is 20.8 Å². The van der Waals surface area contributed by atoms with Crippen molar-refractivity contribution in [2.45, 2.75) is 59.4 Å². The first kappa shape index (κ1) is 16.5. The maximum atomic E-state index is 3.73. The molecule has 0 spiro atoms. The van der Waals surface area contributed by atoms with Gasteiger partial charge in [-0.1, -0.05) is 27.7 Å². The second-order valence-corrected chi connectivity index (χ2v) is 8.95. The highest BCUT2D eigenvalue weighted by Crippen LogP contribution is 2.45. The molecule has 1 fully saturated rings. The molecule has 0 amide bonds. The van der Waals surface area contributed by atoms with E-state index in [-0.39, 0.29) is 0 Å². The van der Waals surface area contributed by atoms with Crippen molar-refractivity contribution >= 4 is 27.3 Å². The fraction of sp³-hybridized carbons (Fsp3) is 0.765. The lowest BCUT2D eigenvalue weighted by Gasteiger charge is -2.39. The van der Waals surface area contributed by atoms with E-state index in [4.69, 9.17) is 0 Å². The zero-order valence-electron chi connectivity index (χ0n) is 13.2. The quantitative estimate of drug-likeness (QED) is 0.695.